The molecule has 0 aromatic heterocycles. The normalized spacial score (nSPS) is 11.7. The van der Waals surface area contributed by atoms with Crippen LogP contribution < -0.4 is 5.43 Å². The molecule has 0 aliphatic carbocycles. The molecule has 0 bridgehead atoms. The van der Waals surface area contributed by atoms with Gasteiger partial charge < -0.3 is 0 Å². The van der Waals surface area contributed by atoms with Gasteiger partial charge in [-0.2, -0.15) is 0 Å². The number of para-hydroxylation sites is 1. The zero-order valence-corrected chi connectivity index (χ0v) is 12.1. The number of hydrogen-bond donors (Lipinski definition) is 3. The molecule has 0 fully saturated rings. The molecule has 2 aromatic rings. The Balaban J connectivity index is 1.99. The first-order valence-electron chi connectivity index (χ1n) is 5.77. The van der Waals surface area contributed by atoms with Gasteiger partial charge in [0.1, 0.15) is 0 Å². The second-order valence-corrected chi connectivity index (χ2v) is 4.68. The third-order valence-corrected chi connectivity index (χ3v) is 2.74. The van der Waals surface area contributed by atoms with Gasteiger partial charge in [0.2, 0.25) is 0 Å². The van der Waals surface area contributed by atoms with Crippen LogP contribution in [0.4, 0.5) is 5.69 Å². The van der Waals surface area contributed by atoms with Gasteiger partial charge in [0.25, 0.3) is 0 Å². The van der Waals surface area contributed by atoms with Crippen LogP contribution in [-0.2, 0) is 0 Å². The summed E-state index contributed by atoms with van der Waals surface area (Å²) < 4.78 is 0.524. The molecule has 0 atom stereocenters. The number of rotatable bonds is 3. The van der Waals surface area contributed by atoms with Crippen LogP contribution in [0.25, 0.3) is 0 Å². The van der Waals surface area contributed by atoms with Crippen molar-refractivity contribution >= 4 is 32.6 Å². The fraction of sp³-hybridized carbons (Fsp3) is 0. The van der Waals surface area contributed by atoms with Crippen LogP contribution >= 0.6 is 0 Å². The van der Waals surface area contributed by atoms with E-state index < -0.39 is 0 Å². The first kappa shape index (κ1) is 14.1. The summed E-state index contributed by atoms with van der Waals surface area (Å²) in [6, 6.07) is 13.9. The molecule has 0 saturated heterocycles. The Bertz CT molecular complexity index is 642. The van der Waals surface area contributed by atoms with Crippen molar-refractivity contribution in [2.24, 2.45) is 10.1 Å². The van der Waals surface area contributed by atoms with Crippen LogP contribution in [0.5, 0.6) is 11.5 Å². The molecule has 20 heavy (non-hydrogen) atoms. The van der Waals surface area contributed by atoms with Crippen molar-refractivity contribution in [2.45, 2.75) is 0 Å². The number of nitrogens with zero attached hydrogens (tertiary/aromatic N) is 2. The number of benzene rings is 2. The molecule has 0 aliphatic heterocycles. The number of aromatic hydroxyl groups is 2. The average Bonchev–Trinajstić information content (AvgIpc) is 2.44. The van der Waals surface area contributed by atoms with Gasteiger partial charge in [0.05, 0.1) is 0 Å². The molecule has 5 nitrogen and oxygen atoms in total. The third kappa shape index (κ3) is 4.12. The molecular weight excluding hydrogens is 321 g/mol. The molecule has 101 valence electrons. The van der Waals surface area contributed by atoms with Crippen LogP contribution in [0.15, 0.2) is 58.6 Å². The summed E-state index contributed by atoms with van der Waals surface area (Å²) in [7, 11) is 0. The standard InChI is InChI=1S/C14H12N3O2Se/c18-12-7-6-10(8-13(12)19)9-15-17-14(20)16-11-4-2-1-3-5-11/h1-9,18-19H,(H,16,17)/b15-9+. The number of nitrogens with one attached hydrogen (secondary N) is 1. The van der Waals surface area contributed by atoms with Crippen LogP contribution in [-0.4, -0.2) is 37.2 Å². The summed E-state index contributed by atoms with van der Waals surface area (Å²) in [4.78, 5) is 4.27. The zero-order chi connectivity index (χ0) is 14.4. The molecule has 2 aromatic carbocycles. The summed E-state index contributed by atoms with van der Waals surface area (Å²) in [6.45, 7) is 0. The molecule has 0 saturated carbocycles. The van der Waals surface area contributed by atoms with E-state index in [1.165, 1.54) is 18.3 Å². The summed E-state index contributed by atoms with van der Waals surface area (Å²) in [5.74, 6) is -0.347. The minimum absolute atomic E-state index is 0.162. The Morgan fingerprint density at radius 3 is 2.50 bits per heavy atom. The molecule has 6 heteroatoms. The van der Waals surface area contributed by atoms with E-state index in [2.05, 4.69) is 31.5 Å². The monoisotopic (exact) mass is 334 g/mol. The van der Waals surface area contributed by atoms with Gasteiger partial charge in [-0.05, 0) is 0 Å². The van der Waals surface area contributed by atoms with Crippen molar-refractivity contribution in [3.63, 3.8) is 0 Å². The van der Waals surface area contributed by atoms with E-state index in [4.69, 9.17) is 0 Å². The van der Waals surface area contributed by atoms with E-state index in [1.54, 1.807) is 6.07 Å². The van der Waals surface area contributed by atoms with Gasteiger partial charge in [-0.1, -0.05) is 0 Å². The van der Waals surface area contributed by atoms with E-state index in [9.17, 15) is 10.2 Å². The molecule has 0 amide bonds. The number of hydrogen-bond acceptors (Lipinski definition) is 4. The number of hydrazone groups is 1. The SMILES string of the molecule is Oc1ccc(/C=N/NC([Se])=Nc2ccccc2)cc1O. The fourth-order valence-electron chi connectivity index (χ4n) is 1.43. The predicted octanol–water partition coefficient (Wildman–Crippen LogP) is 1.88. The second-order valence-electron chi connectivity index (χ2n) is 3.87. The molecule has 3 N–H and O–H groups in total. The van der Waals surface area contributed by atoms with Gasteiger partial charge in [0.15, 0.2) is 0 Å². The average molecular weight is 333 g/mol. The van der Waals surface area contributed by atoms with E-state index in [-0.39, 0.29) is 11.5 Å². The number of phenols is 2. The van der Waals surface area contributed by atoms with Gasteiger partial charge in [-0.3, -0.25) is 0 Å². The van der Waals surface area contributed by atoms with Crippen molar-refractivity contribution in [1.82, 2.24) is 5.43 Å². The Kier molecular flexibility index (Phi) is 4.76. The Labute approximate surface area is 124 Å². The van der Waals surface area contributed by atoms with Crippen molar-refractivity contribution in [3.05, 3.63) is 54.1 Å². The minimum atomic E-state index is -0.185. The maximum absolute atomic E-state index is 9.34. The topological polar surface area (TPSA) is 77.2 Å². The molecule has 0 heterocycles. The van der Waals surface area contributed by atoms with Gasteiger partial charge >= 0.3 is 124 Å². The van der Waals surface area contributed by atoms with Crippen LogP contribution in [0, 0.1) is 0 Å². The Hall–Kier alpha value is -2.30. The maximum atomic E-state index is 9.34. The van der Waals surface area contributed by atoms with Crippen molar-refractivity contribution in [3.8, 4) is 11.5 Å². The van der Waals surface area contributed by atoms with E-state index >= 15 is 0 Å². The number of aliphatic imine (C=N–C) groups is 1. The van der Waals surface area contributed by atoms with Gasteiger partial charge in [-0.15, -0.1) is 0 Å². The number of phenolic OH excluding ortho intramolecular Hbond substituents is 2. The molecule has 0 spiro atoms. The quantitative estimate of drug-likeness (QED) is 0.264. The second kappa shape index (κ2) is 6.75. The summed E-state index contributed by atoms with van der Waals surface area (Å²) in [5, 5.41) is 22.5. The Morgan fingerprint density at radius 2 is 1.80 bits per heavy atom. The van der Waals surface area contributed by atoms with Crippen LogP contribution in [0.3, 0.4) is 0 Å². The zero-order valence-electron chi connectivity index (χ0n) is 10.4. The van der Waals surface area contributed by atoms with Gasteiger partial charge in [0, 0.05) is 0 Å². The Morgan fingerprint density at radius 1 is 1.05 bits per heavy atom. The summed E-state index contributed by atoms with van der Waals surface area (Å²) in [6.07, 6.45) is 1.51. The molecule has 1 radical (unpaired) electrons. The van der Waals surface area contributed by atoms with Crippen molar-refractivity contribution in [1.29, 1.82) is 0 Å². The van der Waals surface area contributed by atoms with E-state index in [0.717, 1.165) is 5.69 Å². The van der Waals surface area contributed by atoms with Crippen molar-refractivity contribution in [2.75, 3.05) is 0 Å². The van der Waals surface area contributed by atoms with Crippen LogP contribution in [0.2, 0.25) is 0 Å². The predicted molar refractivity (Wildman–Crippen MR) is 79.8 cm³/mol. The van der Waals surface area contributed by atoms with E-state index in [1.807, 2.05) is 30.3 Å². The van der Waals surface area contributed by atoms with Crippen LogP contribution in [0.1, 0.15) is 5.56 Å². The first-order valence-corrected chi connectivity index (χ1v) is 6.62. The fourth-order valence-corrected chi connectivity index (χ4v) is 1.76. The molecular formula is C14H12N3O2Se. The molecule has 2 rings (SSSR count). The van der Waals surface area contributed by atoms with E-state index in [0.29, 0.717) is 10.3 Å². The third-order valence-electron chi connectivity index (χ3n) is 2.36. The van der Waals surface area contributed by atoms with Crippen molar-refractivity contribution < 1.29 is 10.2 Å². The first-order chi connectivity index (χ1) is 9.65. The molecule has 0 aliphatic rings. The molecule has 0 unspecified atom stereocenters. The van der Waals surface area contributed by atoms with Gasteiger partial charge in [-0.25, -0.2) is 0 Å². The summed E-state index contributed by atoms with van der Waals surface area (Å²) in [5.41, 5.74) is 4.20. The summed E-state index contributed by atoms with van der Waals surface area (Å²) >= 11 is 2.77. The number of amidine groups is 1.